The molecule has 74 valence electrons. The predicted molar refractivity (Wildman–Crippen MR) is 55.0 cm³/mol. The van der Waals surface area contributed by atoms with Crippen molar-refractivity contribution >= 4 is 5.84 Å². The Kier molecular flexibility index (Phi) is 3.61. The smallest absolute Gasteiger partial charge is 0.143 e. The van der Waals surface area contributed by atoms with E-state index >= 15 is 0 Å². The van der Waals surface area contributed by atoms with Crippen molar-refractivity contribution in [3.8, 4) is 0 Å². The molecule has 0 amide bonds. The van der Waals surface area contributed by atoms with Crippen LogP contribution >= 0.6 is 0 Å². The van der Waals surface area contributed by atoms with Crippen molar-refractivity contribution in [2.45, 2.75) is 38.1 Å². The highest BCUT2D eigenvalue weighted by atomic mass is 14.9. The summed E-state index contributed by atoms with van der Waals surface area (Å²) in [6, 6.07) is 0.354. The Morgan fingerprint density at radius 2 is 1.77 bits per heavy atom. The topological polar surface area (TPSA) is 90.4 Å². The van der Waals surface area contributed by atoms with E-state index in [1.165, 1.54) is 25.5 Å². The zero-order chi connectivity index (χ0) is 9.68. The molecule has 0 heterocycles. The number of nitrogens with zero attached hydrogens (tertiary/aromatic N) is 1. The van der Waals surface area contributed by atoms with Gasteiger partial charge in [0.15, 0.2) is 0 Å². The molecule has 13 heavy (non-hydrogen) atoms. The largest absolute Gasteiger partial charge is 0.403 e. The minimum absolute atomic E-state index is 0.354. The number of hydrogen-bond acceptors (Lipinski definition) is 3. The SMILES string of the molecule is NC=C(N)C(N)=NC1CCCCC1. The number of hydrogen-bond donors (Lipinski definition) is 3. The van der Waals surface area contributed by atoms with Gasteiger partial charge in [-0.05, 0) is 12.8 Å². The van der Waals surface area contributed by atoms with E-state index in [2.05, 4.69) is 4.99 Å². The van der Waals surface area contributed by atoms with Gasteiger partial charge >= 0.3 is 0 Å². The van der Waals surface area contributed by atoms with Crippen molar-refractivity contribution < 1.29 is 0 Å². The molecule has 1 aliphatic carbocycles. The lowest BCUT2D eigenvalue weighted by Crippen LogP contribution is -2.25. The van der Waals surface area contributed by atoms with Crippen molar-refractivity contribution in [1.29, 1.82) is 0 Å². The highest BCUT2D eigenvalue weighted by molar-refractivity contribution is 5.95. The van der Waals surface area contributed by atoms with Crippen LogP contribution in [0.3, 0.4) is 0 Å². The maximum Gasteiger partial charge on any atom is 0.143 e. The van der Waals surface area contributed by atoms with Gasteiger partial charge in [-0.3, -0.25) is 4.99 Å². The number of aliphatic imine (C=N–C) groups is 1. The number of rotatable bonds is 2. The Morgan fingerprint density at radius 1 is 1.15 bits per heavy atom. The van der Waals surface area contributed by atoms with Gasteiger partial charge < -0.3 is 17.2 Å². The molecule has 6 N–H and O–H groups in total. The lowest BCUT2D eigenvalue weighted by Gasteiger charge is -2.18. The summed E-state index contributed by atoms with van der Waals surface area (Å²) in [5.41, 5.74) is 16.8. The highest BCUT2D eigenvalue weighted by Gasteiger charge is 2.12. The van der Waals surface area contributed by atoms with E-state index in [1.807, 2.05) is 0 Å². The Morgan fingerprint density at radius 3 is 2.31 bits per heavy atom. The summed E-state index contributed by atoms with van der Waals surface area (Å²) >= 11 is 0. The highest BCUT2D eigenvalue weighted by Crippen LogP contribution is 2.20. The second-order valence-corrected chi connectivity index (χ2v) is 3.43. The molecule has 0 spiro atoms. The van der Waals surface area contributed by atoms with Crippen LogP contribution in [0.25, 0.3) is 0 Å². The minimum Gasteiger partial charge on any atom is -0.403 e. The molecule has 0 saturated heterocycles. The second kappa shape index (κ2) is 4.74. The quantitative estimate of drug-likeness (QED) is 0.427. The first-order valence-electron chi connectivity index (χ1n) is 4.75. The zero-order valence-corrected chi connectivity index (χ0v) is 7.87. The molecule has 0 bridgehead atoms. The van der Waals surface area contributed by atoms with Crippen LogP contribution < -0.4 is 17.2 Å². The summed E-state index contributed by atoms with van der Waals surface area (Å²) in [6.07, 6.45) is 7.34. The van der Waals surface area contributed by atoms with Crippen LogP contribution in [-0.4, -0.2) is 11.9 Å². The third-order valence-corrected chi connectivity index (χ3v) is 2.37. The van der Waals surface area contributed by atoms with Crippen LogP contribution in [0.15, 0.2) is 16.9 Å². The Balaban J connectivity index is 2.52. The number of amidine groups is 1. The zero-order valence-electron chi connectivity index (χ0n) is 7.87. The van der Waals surface area contributed by atoms with Gasteiger partial charge in [0.1, 0.15) is 5.84 Å². The van der Waals surface area contributed by atoms with Gasteiger partial charge in [0, 0.05) is 6.20 Å². The Labute approximate surface area is 78.9 Å². The molecular formula is C9H18N4. The fraction of sp³-hybridized carbons (Fsp3) is 0.667. The van der Waals surface area contributed by atoms with Gasteiger partial charge in [-0.25, -0.2) is 0 Å². The van der Waals surface area contributed by atoms with Crippen LogP contribution in [0.2, 0.25) is 0 Å². The molecule has 0 aliphatic heterocycles. The molecule has 0 aromatic heterocycles. The van der Waals surface area contributed by atoms with Gasteiger partial charge in [-0.15, -0.1) is 0 Å². The standard InChI is InChI=1S/C9H18N4/c10-6-8(11)9(12)13-7-4-2-1-3-5-7/h6-7H,1-5,10-11H2,(H2,12,13). The van der Waals surface area contributed by atoms with Crippen molar-refractivity contribution in [3.05, 3.63) is 11.9 Å². The first kappa shape index (κ1) is 9.89. The van der Waals surface area contributed by atoms with Crippen molar-refractivity contribution in [2.75, 3.05) is 0 Å². The monoisotopic (exact) mass is 182 g/mol. The maximum absolute atomic E-state index is 5.64. The third kappa shape index (κ3) is 2.97. The fourth-order valence-corrected chi connectivity index (χ4v) is 1.57. The molecule has 0 atom stereocenters. The van der Waals surface area contributed by atoms with E-state index < -0.39 is 0 Å². The minimum atomic E-state index is 0.354. The van der Waals surface area contributed by atoms with E-state index in [-0.39, 0.29) is 0 Å². The van der Waals surface area contributed by atoms with Gasteiger partial charge in [0.05, 0.1) is 11.7 Å². The van der Waals surface area contributed by atoms with Crippen LogP contribution in [0.1, 0.15) is 32.1 Å². The van der Waals surface area contributed by atoms with Crippen LogP contribution in [0.4, 0.5) is 0 Å². The molecule has 4 heteroatoms. The fourth-order valence-electron chi connectivity index (χ4n) is 1.57. The first-order chi connectivity index (χ1) is 6.24. The lowest BCUT2D eigenvalue weighted by molar-refractivity contribution is 0.443. The van der Waals surface area contributed by atoms with Crippen LogP contribution in [-0.2, 0) is 0 Å². The summed E-state index contributed by atoms with van der Waals surface area (Å²) < 4.78 is 0. The third-order valence-electron chi connectivity index (χ3n) is 2.37. The molecule has 0 aromatic carbocycles. The molecule has 4 nitrogen and oxygen atoms in total. The van der Waals surface area contributed by atoms with E-state index in [0.717, 1.165) is 12.8 Å². The first-order valence-corrected chi connectivity index (χ1v) is 4.75. The molecule has 1 fully saturated rings. The summed E-state index contributed by atoms with van der Waals surface area (Å²) in [7, 11) is 0. The summed E-state index contributed by atoms with van der Waals surface area (Å²) in [5.74, 6) is 0.384. The molecule has 0 unspecified atom stereocenters. The van der Waals surface area contributed by atoms with Crippen molar-refractivity contribution in [2.24, 2.45) is 22.2 Å². The van der Waals surface area contributed by atoms with Gasteiger partial charge in [-0.1, -0.05) is 19.3 Å². The molecule has 1 aliphatic rings. The van der Waals surface area contributed by atoms with Crippen molar-refractivity contribution in [1.82, 2.24) is 0 Å². The van der Waals surface area contributed by atoms with Gasteiger partial charge in [0.2, 0.25) is 0 Å². The van der Waals surface area contributed by atoms with Crippen molar-refractivity contribution in [3.63, 3.8) is 0 Å². The summed E-state index contributed by atoms with van der Waals surface area (Å²) in [6.45, 7) is 0. The molecule has 1 saturated carbocycles. The van der Waals surface area contributed by atoms with E-state index in [4.69, 9.17) is 17.2 Å². The summed E-state index contributed by atoms with van der Waals surface area (Å²) in [5, 5.41) is 0. The number of nitrogens with two attached hydrogens (primary N) is 3. The molecular weight excluding hydrogens is 164 g/mol. The van der Waals surface area contributed by atoms with E-state index in [9.17, 15) is 0 Å². The molecule has 1 rings (SSSR count). The lowest BCUT2D eigenvalue weighted by atomic mass is 9.96. The second-order valence-electron chi connectivity index (χ2n) is 3.43. The average Bonchev–Trinajstić information content (AvgIpc) is 2.18. The molecule has 0 radical (unpaired) electrons. The average molecular weight is 182 g/mol. The normalized spacial score (nSPS) is 21.8. The molecule has 0 aromatic rings. The Bertz CT molecular complexity index is 214. The summed E-state index contributed by atoms with van der Waals surface area (Å²) in [4.78, 5) is 4.33. The van der Waals surface area contributed by atoms with Gasteiger partial charge in [0.25, 0.3) is 0 Å². The van der Waals surface area contributed by atoms with E-state index in [0.29, 0.717) is 17.6 Å². The van der Waals surface area contributed by atoms with Crippen LogP contribution in [0, 0.1) is 0 Å². The maximum atomic E-state index is 5.64. The van der Waals surface area contributed by atoms with Crippen LogP contribution in [0.5, 0.6) is 0 Å². The van der Waals surface area contributed by atoms with E-state index in [1.54, 1.807) is 0 Å². The Hall–Kier alpha value is -1.19. The predicted octanol–water partition coefficient (Wildman–Crippen LogP) is 0.435. The van der Waals surface area contributed by atoms with Gasteiger partial charge in [-0.2, -0.15) is 0 Å².